The monoisotopic (exact) mass is 173 g/mol. The predicted octanol–water partition coefficient (Wildman–Crippen LogP) is 0.212. The number of rotatable bonds is 1. The first-order valence-corrected chi connectivity index (χ1v) is 4.51. The van der Waals surface area contributed by atoms with E-state index in [9.17, 15) is 5.11 Å². The van der Waals surface area contributed by atoms with Crippen molar-refractivity contribution in [2.24, 2.45) is 0 Å². The molecule has 0 amide bonds. The molecule has 2 atom stereocenters. The Morgan fingerprint density at radius 3 is 2.33 bits per heavy atom. The Hall–Kier alpha value is -0.120. The molecule has 1 heterocycles. The molecule has 1 saturated heterocycles. The highest BCUT2D eigenvalue weighted by molar-refractivity contribution is 4.91. The SMILES string of the molecule is CC(C)(C)N1C[C@H](O)C[C@@H]1CO. The molecule has 0 aliphatic carbocycles. The van der Waals surface area contributed by atoms with E-state index in [0.29, 0.717) is 13.0 Å². The number of β-amino-alcohol motifs (C(OH)–C–C–N with tert-alkyl or cyclic N) is 1. The van der Waals surface area contributed by atoms with Crippen LogP contribution in [0, 0.1) is 0 Å². The third-order valence-electron chi connectivity index (χ3n) is 2.46. The molecule has 2 N–H and O–H groups in total. The molecule has 3 heteroatoms. The van der Waals surface area contributed by atoms with E-state index in [-0.39, 0.29) is 24.3 Å². The summed E-state index contributed by atoms with van der Waals surface area (Å²) in [5.41, 5.74) is 0.0465. The van der Waals surface area contributed by atoms with Gasteiger partial charge in [-0.2, -0.15) is 0 Å². The molecule has 0 spiro atoms. The second kappa shape index (κ2) is 3.32. The summed E-state index contributed by atoms with van der Waals surface area (Å²) < 4.78 is 0. The molecule has 1 aliphatic heterocycles. The van der Waals surface area contributed by atoms with Gasteiger partial charge in [0.25, 0.3) is 0 Å². The van der Waals surface area contributed by atoms with E-state index >= 15 is 0 Å². The molecular formula is C9H19NO2. The Kier molecular flexibility index (Phi) is 2.76. The zero-order valence-corrected chi connectivity index (χ0v) is 8.12. The Morgan fingerprint density at radius 1 is 1.42 bits per heavy atom. The summed E-state index contributed by atoms with van der Waals surface area (Å²) in [5, 5.41) is 18.5. The van der Waals surface area contributed by atoms with Crippen molar-refractivity contribution >= 4 is 0 Å². The Labute approximate surface area is 74.0 Å². The molecule has 0 bridgehead atoms. The second-order valence-electron chi connectivity index (χ2n) is 4.55. The van der Waals surface area contributed by atoms with Gasteiger partial charge in [0.1, 0.15) is 0 Å². The highest BCUT2D eigenvalue weighted by atomic mass is 16.3. The average molecular weight is 173 g/mol. The van der Waals surface area contributed by atoms with Crippen molar-refractivity contribution in [3.05, 3.63) is 0 Å². The lowest BCUT2D eigenvalue weighted by molar-refractivity contribution is 0.0749. The maximum absolute atomic E-state index is 9.41. The fourth-order valence-electron chi connectivity index (χ4n) is 1.89. The minimum atomic E-state index is -0.263. The van der Waals surface area contributed by atoms with Gasteiger partial charge in [-0.3, -0.25) is 4.90 Å². The highest BCUT2D eigenvalue weighted by Gasteiger charge is 2.36. The fraction of sp³-hybridized carbons (Fsp3) is 1.00. The van der Waals surface area contributed by atoms with Crippen LogP contribution >= 0.6 is 0 Å². The second-order valence-corrected chi connectivity index (χ2v) is 4.55. The maximum atomic E-state index is 9.41. The minimum Gasteiger partial charge on any atom is -0.395 e. The van der Waals surface area contributed by atoms with E-state index in [4.69, 9.17) is 5.11 Å². The lowest BCUT2D eigenvalue weighted by Gasteiger charge is -2.35. The molecule has 0 unspecified atom stereocenters. The van der Waals surface area contributed by atoms with Crippen LogP contribution in [-0.2, 0) is 0 Å². The van der Waals surface area contributed by atoms with Gasteiger partial charge >= 0.3 is 0 Å². The molecule has 72 valence electrons. The minimum absolute atomic E-state index is 0.0465. The van der Waals surface area contributed by atoms with Gasteiger partial charge in [-0.1, -0.05) is 0 Å². The smallest absolute Gasteiger partial charge is 0.0683 e. The third-order valence-corrected chi connectivity index (χ3v) is 2.46. The first-order valence-electron chi connectivity index (χ1n) is 4.51. The van der Waals surface area contributed by atoms with E-state index in [1.807, 2.05) is 0 Å². The zero-order valence-electron chi connectivity index (χ0n) is 8.12. The summed E-state index contributed by atoms with van der Waals surface area (Å²) in [6.07, 6.45) is 0.440. The molecule has 3 nitrogen and oxygen atoms in total. The van der Waals surface area contributed by atoms with Crippen LogP contribution < -0.4 is 0 Å². The quantitative estimate of drug-likeness (QED) is 0.596. The summed E-state index contributed by atoms with van der Waals surface area (Å²) in [7, 11) is 0. The standard InChI is InChI=1S/C9H19NO2/c1-9(2,3)10-5-8(12)4-7(10)6-11/h7-8,11-12H,4-6H2,1-3H3/t7-,8-/m1/s1. The topological polar surface area (TPSA) is 43.7 Å². The summed E-state index contributed by atoms with van der Waals surface area (Å²) in [6, 6.07) is 0.139. The van der Waals surface area contributed by atoms with Crippen LogP contribution in [0.15, 0.2) is 0 Å². The molecule has 0 aromatic heterocycles. The van der Waals surface area contributed by atoms with Crippen molar-refractivity contribution in [3.63, 3.8) is 0 Å². The molecule has 0 aromatic carbocycles. The first kappa shape index (κ1) is 9.96. The van der Waals surface area contributed by atoms with E-state index in [1.54, 1.807) is 0 Å². The van der Waals surface area contributed by atoms with E-state index in [1.165, 1.54) is 0 Å². The van der Waals surface area contributed by atoms with E-state index in [2.05, 4.69) is 25.7 Å². The van der Waals surface area contributed by atoms with Gasteiger partial charge in [-0.25, -0.2) is 0 Å². The Balaban J connectivity index is 2.64. The van der Waals surface area contributed by atoms with Gasteiger partial charge in [0.05, 0.1) is 12.7 Å². The van der Waals surface area contributed by atoms with Crippen molar-refractivity contribution in [1.82, 2.24) is 4.90 Å². The van der Waals surface area contributed by atoms with E-state index < -0.39 is 0 Å². The lowest BCUT2D eigenvalue weighted by Crippen LogP contribution is -2.46. The molecule has 0 saturated carbocycles. The van der Waals surface area contributed by atoms with Crippen molar-refractivity contribution in [1.29, 1.82) is 0 Å². The van der Waals surface area contributed by atoms with Crippen LogP contribution in [0.5, 0.6) is 0 Å². The van der Waals surface area contributed by atoms with Crippen LogP contribution in [0.4, 0.5) is 0 Å². The largest absolute Gasteiger partial charge is 0.395 e. The summed E-state index contributed by atoms with van der Waals surface area (Å²) in [6.45, 7) is 7.15. The normalized spacial score (nSPS) is 32.8. The predicted molar refractivity (Wildman–Crippen MR) is 48.0 cm³/mol. The first-order chi connectivity index (χ1) is 5.45. The summed E-state index contributed by atoms with van der Waals surface area (Å²) >= 11 is 0. The molecule has 0 radical (unpaired) electrons. The number of nitrogens with zero attached hydrogens (tertiary/aromatic N) is 1. The molecule has 1 aliphatic rings. The summed E-state index contributed by atoms with van der Waals surface area (Å²) in [4.78, 5) is 2.16. The number of hydrogen-bond donors (Lipinski definition) is 2. The van der Waals surface area contributed by atoms with Crippen LogP contribution in [0.2, 0.25) is 0 Å². The van der Waals surface area contributed by atoms with Crippen molar-refractivity contribution < 1.29 is 10.2 Å². The van der Waals surface area contributed by atoms with E-state index in [0.717, 1.165) is 0 Å². The maximum Gasteiger partial charge on any atom is 0.0683 e. The van der Waals surface area contributed by atoms with Crippen molar-refractivity contribution in [2.45, 2.75) is 44.9 Å². The molecule has 12 heavy (non-hydrogen) atoms. The lowest BCUT2D eigenvalue weighted by atomic mass is 10.1. The van der Waals surface area contributed by atoms with Crippen molar-refractivity contribution in [2.75, 3.05) is 13.2 Å². The average Bonchev–Trinajstić information content (AvgIpc) is 2.29. The highest BCUT2D eigenvalue weighted by Crippen LogP contribution is 2.25. The van der Waals surface area contributed by atoms with Gasteiger partial charge in [0.15, 0.2) is 0 Å². The van der Waals surface area contributed by atoms with Crippen LogP contribution in [0.3, 0.4) is 0 Å². The van der Waals surface area contributed by atoms with Crippen LogP contribution in [-0.4, -0.2) is 45.9 Å². The zero-order chi connectivity index (χ0) is 9.35. The Morgan fingerprint density at radius 2 is 2.00 bits per heavy atom. The van der Waals surface area contributed by atoms with Gasteiger partial charge in [-0.15, -0.1) is 0 Å². The third kappa shape index (κ3) is 1.97. The molecule has 0 aromatic rings. The molecule has 1 fully saturated rings. The van der Waals surface area contributed by atoms with Crippen molar-refractivity contribution in [3.8, 4) is 0 Å². The Bertz CT molecular complexity index is 153. The van der Waals surface area contributed by atoms with Crippen LogP contribution in [0.25, 0.3) is 0 Å². The number of hydrogen-bond acceptors (Lipinski definition) is 3. The van der Waals surface area contributed by atoms with Gasteiger partial charge < -0.3 is 10.2 Å². The number of aliphatic hydroxyl groups excluding tert-OH is 2. The molecule has 1 rings (SSSR count). The van der Waals surface area contributed by atoms with Gasteiger partial charge in [0.2, 0.25) is 0 Å². The van der Waals surface area contributed by atoms with Crippen LogP contribution in [0.1, 0.15) is 27.2 Å². The molecular weight excluding hydrogens is 154 g/mol. The number of likely N-dealkylation sites (tertiary alicyclic amines) is 1. The fourth-order valence-corrected chi connectivity index (χ4v) is 1.89. The number of aliphatic hydroxyl groups is 2. The van der Waals surface area contributed by atoms with Gasteiger partial charge in [-0.05, 0) is 27.2 Å². The van der Waals surface area contributed by atoms with Gasteiger partial charge in [0, 0.05) is 18.1 Å². The summed E-state index contributed by atoms with van der Waals surface area (Å²) in [5.74, 6) is 0.